The number of ether oxygens (including phenoxy) is 1. The second-order valence-corrected chi connectivity index (χ2v) is 7.90. The number of hydrogen-bond donors (Lipinski definition) is 0. The highest BCUT2D eigenvalue weighted by Crippen LogP contribution is 2.21. The fourth-order valence-corrected chi connectivity index (χ4v) is 4.16. The van der Waals surface area contributed by atoms with Crippen LogP contribution in [0, 0.1) is 12.8 Å². The molecule has 2 saturated heterocycles. The highest BCUT2D eigenvalue weighted by molar-refractivity contribution is 6.08. The maximum absolute atomic E-state index is 12.9. The summed E-state index contributed by atoms with van der Waals surface area (Å²) in [6.45, 7) is 6.16. The SMILES string of the molecule is Cc1ncccc1C(=O)c1cccc(N2CCCN(C(=O)C3CCOCC3)CC2)n1.[HH]. The number of rotatable bonds is 4. The van der Waals surface area contributed by atoms with E-state index >= 15 is 0 Å². The first-order chi connectivity index (χ1) is 14.6. The van der Waals surface area contributed by atoms with Gasteiger partial charge in [-0.05, 0) is 50.5 Å². The lowest BCUT2D eigenvalue weighted by Crippen LogP contribution is -2.40. The number of aryl methyl sites for hydroxylation is 1. The quantitative estimate of drug-likeness (QED) is 0.722. The van der Waals surface area contributed by atoms with Gasteiger partial charge in [-0.15, -0.1) is 0 Å². The Morgan fingerprint density at radius 1 is 1.07 bits per heavy atom. The molecule has 2 aliphatic rings. The van der Waals surface area contributed by atoms with E-state index in [2.05, 4.69) is 14.9 Å². The lowest BCUT2D eigenvalue weighted by atomic mass is 9.98. The molecule has 0 aliphatic carbocycles. The number of ketones is 1. The maximum atomic E-state index is 12.9. The molecule has 30 heavy (non-hydrogen) atoms. The summed E-state index contributed by atoms with van der Waals surface area (Å²) in [7, 11) is 0. The average molecular weight is 411 g/mol. The fourth-order valence-electron chi connectivity index (χ4n) is 4.16. The lowest BCUT2D eigenvalue weighted by Gasteiger charge is -2.28. The van der Waals surface area contributed by atoms with Gasteiger partial charge in [0.15, 0.2) is 0 Å². The second-order valence-electron chi connectivity index (χ2n) is 7.90. The molecule has 2 aromatic rings. The summed E-state index contributed by atoms with van der Waals surface area (Å²) in [5.41, 5.74) is 1.70. The van der Waals surface area contributed by atoms with Crippen LogP contribution in [0.1, 0.15) is 42.4 Å². The highest BCUT2D eigenvalue weighted by Gasteiger charge is 2.28. The number of carbonyl (C=O) groups excluding carboxylic acids is 2. The zero-order chi connectivity index (χ0) is 20.9. The topological polar surface area (TPSA) is 75.6 Å². The fraction of sp³-hybridized carbons (Fsp3) is 0.478. The third-order valence-corrected chi connectivity index (χ3v) is 5.92. The van der Waals surface area contributed by atoms with E-state index in [1.54, 1.807) is 24.4 Å². The predicted molar refractivity (Wildman–Crippen MR) is 116 cm³/mol. The molecule has 1 amide bonds. The molecule has 7 nitrogen and oxygen atoms in total. The van der Waals surface area contributed by atoms with Crippen LogP contribution in [0.5, 0.6) is 0 Å². The van der Waals surface area contributed by atoms with Gasteiger partial charge in [-0.3, -0.25) is 14.6 Å². The Labute approximate surface area is 178 Å². The van der Waals surface area contributed by atoms with Crippen molar-refractivity contribution in [2.45, 2.75) is 26.2 Å². The molecule has 0 unspecified atom stereocenters. The number of carbonyl (C=O) groups is 2. The Morgan fingerprint density at radius 3 is 2.70 bits per heavy atom. The van der Waals surface area contributed by atoms with Crippen LogP contribution < -0.4 is 4.90 Å². The van der Waals surface area contributed by atoms with Crippen molar-refractivity contribution in [1.29, 1.82) is 0 Å². The first-order valence-electron chi connectivity index (χ1n) is 10.7. The lowest BCUT2D eigenvalue weighted by molar-refractivity contribution is -0.138. The minimum atomic E-state index is -0.117. The van der Waals surface area contributed by atoms with Crippen molar-refractivity contribution < 1.29 is 15.8 Å². The number of hydrogen-bond acceptors (Lipinski definition) is 6. The third kappa shape index (κ3) is 4.51. The molecule has 2 fully saturated rings. The Hall–Kier alpha value is -2.80. The molecule has 0 radical (unpaired) electrons. The van der Waals surface area contributed by atoms with Crippen molar-refractivity contribution in [3.8, 4) is 0 Å². The van der Waals surface area contributed by atoms with Crippen LogP contribution in [0.3, 0.4) is 0 Å². The van der Waals surface area contributed by atoms with Crippen LogP contribution in [0.25, 0.3) is 0 Å². The van der Waals surface area contributed by atoms with Gasteiger partial charge in [0, 0.05) is 64.2 Å². The zero-order valence-corrected chi connectivity index (χ0v) is 17.4. The molecule has 0 atom stereocenters. The summed E-state index contributed by atoms with van der Waals surface area (Å²) in [6.07, 6.45) is 4.20. The van der Waals surface area contributed by atoms with Gasteiger partial charge >= 0.3 is 0 Å². The van der Waals surface area contributed by atoms with E-state index in [4.69, 9.17) is 4.74 Å². The molecule has 4 heterocycles. The summed E-state index contributed by atoms with van der Waals surface area (Å²) in [4.78, 5) is 38.8. The van der Waals surface area contributed by atoms with Crippen molar-refractivity contribution in [2.75, 3.05) is 44.3 Å². The van der Waals surface area contributed by atoms with Crippen molar-refractivity contribution in [3.05, 3.63) is 53.5 Å². The normalized spacial score (nSPS) is 18.2. The Bertz CT molecular complexity index is 917. The van der Waals surface area contributed by atoms with Gasteiger partial charge < -0.3 is 14.5 Å². The molecule has 2 aliphatic heterocycles. The minimum absolute atomic E-state index is 0. The molecule has 0 bridgehead atoms. The predicted octanol–water partition coefficient (Wildman–Crippen LogP) is 2.73. The van der Waals surface area contributed by atoms with E-state index in [-0.39, 0.29) is 19.0 Å². The minimum Gasteiger partial charge on any atom is -0.381 e. The van der Waals surface area contributed by atoms with Gasteiger partial charge in [0.1, 0.15) is 11.5 Å². The monoisotopic (exact) mass is 410 g/mol. The van der Waals surface area contributed by atoms with Crippen LogP contribution in [0.4, 0.5) is 5.82 Å². The van der Waals surface area contributed by atoms with Crippen LogP contribution >= 0.6 is 0 Å². The number of amides is 1. The molecule has 7 heteroatoms. The molecule has 0 spiro atoms. The molecular formula is C23H30N4O3. The molecule has 2 aromatic heterocycles. The van der Waals surface area contributed by atoms with Gasteiger partial charge in [-0.2, -0.15) is 0 Å². The summed E-state index contributed by atoms with van der Waals surface area (Å²) in [6, 6.07) is 9.10. The van der Waals surface area contributed by atoms with Crippen LogP contribution in [0.2, 0.25) is 0 Å². The number of pyridine rings is 2. The van der Waals surface area contributed by atoms with E-state index in [1.165, 1.54) is 0 Å². The number of nitrogens with zero attached hydrogens (tertiary/aromatic N) is 4. The van der Waals surface area contributed by atoms with Gasteiger partial charge in [-0.25, -0.2) is 4.98 Å². The van der Waals surface area contributed by atoms with E-state index in [1.807, 2.05) is 24.0 Å². The van der Waals surface area contributed by atoms with E-state index in [9.17, 15) is 9.59 Å². The second kappa shape index (κ2) is 9.34. The Balaban J connectivity index is 0.00000272. The molecule has 4 rings (SSSR count). The summed E-state index contributed by atoms with van der Waals surface area (Å²) in [5.74, 6) is 1.01. The van der Waals surface area contributed by atoms with Crippen LogP contribution in [0.15, 0.2) is 36.5 Å². The van der Waals surface area contributed by atoms with E-state index in [0.717, 1.165) is 38.2 Å². The number of anilines is 1. The standard InChI is InChI=1S/C23H28N4O3.H2/c1-17-19(5-3-10-24-17)22(28)20-6-2-7-21(25-20)26-11-4-12-27(14-13-26)23(29)18-8-15-30-16-9-18;/h2-3,5-7,10,18H,4,8-9,11-16H2,1H3;1H. The van der Waals surface area contributed by atoms with Crippen LogP contribution in [-0.4, -0.2) is 66.0 Å². The van der Waals surface area contributed by atoms with E-state index in [0.29, 0.717) is 43.3 Å². The van der Waals surface area contributed by atoms with Crippen molar-refractivity contribution in [1.82, 2.24) is 14.9 Å². The molecule has 160 valence electrons. The first-order valence-corrected chi connectivity index (χ1v) is 10.7. The van der Waals surface area contributed by atoms with Crippen molar-refractivity contribution >= 4 is 17.5 Å². The largest absolute Gasteiger partial charge is 0.381 e. The maximum Gasteiger partial charge on any atom is 0.225 e. The Kier molecular flexibility index (Phi) is 6.38. The smallest absolute Gasteiger partial charge is 0.225 e. The molecule has 0 aromatic carbocycles. The van der Waals surface area contributed by atoms with Gasteiger partial charge in [0.2, 0.25) is 11.7 Å². The van der Waals surface area contributed by atoms with Gasteiger partial charge in [0.05, 0.1) is 0 Å². The van der Waals surface area contributed by atoms with E-state index < -0.39 is 0 Å². The molecule has 0 N–H and O–H groups in total. The summed E-state index contributed by atoms with van der Waals surface area (Å²) in [5, 5.41) is 0. The van der Waals surface area contributed by atoms with Gasteiger partial charge in [0.25, 0.3) is 0 Å². The van der Waals surface area contributed by atoms with Crippen molar-refractivity contribution in [3.63, 3.8) is 0 Å². The highest BCUT2D eigenvalue weighted by atomic mass is 16.5. The van der Waals surface area contributed by atoms with Crippen molar-refractivity contribution in [2.24, 2.45) is 5.92 Å². The Morgan fingerprint density at radius 2 is 1.90 bits per heavy atom. The summed E-state index contributed by atoms with van der Waals surface area (Å²) < 4.78 is 5.39. The molecule has 0 saturated carbocycles. The molecular weight excluding hydrogens is 380 g/mol. The first kappa shape index (κ1) is 20.5. The van der Waals surface area contributed by atoms with Crippen LogP contribution in [-0.2, 0) is 9.53 Å². The number of aromatic nitrogens is 2. The zero-order valence-electron chi connectivity index (χ0n) is 17.4. The van der Waals surface area contributed by atoms with Gasteiger partial charge in [-0.1, -0.05) is 6.07 Å². The average Bonchev–Trinajstić information content (AvgIpc) is 3.05. The summed E-state index contributed by atoms with van der Waals surface area (Å²) >= 11 is 0. The third-order valence-electron chi connectivity index (χ3n) is 5.92.